The monoisotopic (exact) mass is 340 g/mol. The Morgan fingerprint density at radius 2 is 1.88 bits per heavy atom. The van der Waals surface area contributed by atoms with E-state index >= 15 is 0 Å². The molecule has 2 aromatic carbocycles. The lowest BCUT2D eigenvalue weighted by molar-refractivity contribution is -0.138. The molecule has 132 valence electrons. The van der Waals surface area contributed by atoms with Gasteiger partial charge in [0.15, 0.2) is 0 Å². The van der Waals surface area contributed by atoms with Crippen LogP contribution < -0.4 is 0 Å². The van der Waals surface area contributed by atoms with Gasteiger partial charge < -0.3 is 15.3 Å². The molecule has 1 saturated carbocycles. The molecule has 0 radical (unpaired) electrons. The second kappa shape index (κ2) is 7.28. The van der Waals surface area contributed by atoms with E-state index in [2.05, 4.69) is 0 Å². The number of phenolic OH excluding ortho intramolecular Hbond substituents is 1. The highest BCUT2D eigenvalue weighted by atomic mass is 16.4. The summed E-state index contributed by atoms with van der Waals surface area (Å²) in [5.74, 6) is -1.02. The summed E-state index contributed by atoms with van der Waals surface area (Å²) in [6, 6.07) is 12.7. The number of carboxylic acid groups (broad SMARTS) is 1. The first-order valence-corrected chi connectivity index (χ1v) is 8.79. The van der Waals surface area contributed by atoms with E-state index in [-0.39, 0.29) is 17.8 Å². The second-order valence-electron chi connectivity index (χ2n) is 6.99. The van der Waals surface area contributed by atoms with E-state index in [1.165, 1.54) is 0 Å². The van der Waals surface area contributed by atoms with Crippen LogP contribution in [0.4, 0.5) is 0 Å². The van der Waals surface area contributed by atoms with Gasteiger partial charge in [0.2, 0.25) is 0 Å². The lowest BCUT2D eigenvalue weighted by atomic mass is 9.87. The molecule has 1 fully saturated rings. The van der Waals surface area contributed by atoms with Gasteiger partial charge in [0.1, 0.15) is 5.75 Å². The van der Waals surface area contributed by atoms with Crippen molar-refractivity contribution in [1.29, 1.82) is 0 Å². The van der Waals surface area contributed by atoms with Gasteiger partial charge in [0, 0.05) is 0 Å². The van der Waals surface area contributed by atoms with E-state index < -0.39 is 11.9 Å². The van der Waals surface area contributed by atoms with Gasteiger partial charge in [-0.3, -0.25) is 4.79 Å². The average molecular weight is 340 g/mol. The molecule has 3 atom stereocenters. The van der Waals surface area contributed by atoms with Crippen LogP contribution in [0.1, 0.15) is 43.2 Å². The third kappa shape index (κ3) is 3.85. The van der Waals surface area contributed by atoms with Crippen molar-refractivity contribution in [3.8, 4) is 16.9 Å². The Morgan fingerprint density at radius 1 is 1.16 bits per heavy atom. The second-order valence-corrected chi connectivity index (χ2v) is 6.99. The fourth-order valence-corrected chi connectivity index (χ4v) is 3.69. The summed E-state index contributed by atoms with van der Waals surface area (Å²) in [6.45, 7) is 1.68. The van der Waals surface area contributed by atoms with Crippen LogP contribution >= 0.6 is 0 Å². The summed E-state index contributed by atoms with van der Waals surface area (Å²) >= 11 is 0. The number of hydrogen-bond donors (Lipinski definition) is 3. The Balaban J connectivity index is 1.99. The van der Waals surface area contributed by atoms with Gasteiger partial charge in [-0.1, -0.05) is 36.8 Å². The van der Waals surface area contributed by atoms with Gasteiger partial charge >= 0.3 is 5.97 Å². The number of aromatic hydroxyl groups is 1. The largest absolute Gasteiger partial charge is 0.508 e. The number of hydrogen-bond acceptors (Lipinski definition) is 3. The minimum absolute atomic E-state index is 0.182. The summed E-state index contributed by atoms with van der Waals surface area (Å²) in [5, 5.41) is 29.0. The average Bonchev–Trinajstić information content (AvgIpc) is 2.99. The molecular formula is C21H24O4. The Morgan fingerprint density at radius 3 is 2.48 bits per heavy atom. The third-order valence-electron chi connectivity index (χ3n) is 5.25. The summed E-state index contributed by atoms with van der Waals surface area (Å²) in [5.41, 5.74) is 3.62. The molecule has 0 saturated heterocycles. The lowest BCUT2D eigenvalue weighted by Gasteiger charge is -2.18. The number of benzene rings is 2. The maximum absolute atomic E-state index is 11.5. The zero-order valence-electron chi connectivity index (χ0n) is 14.4. The van der Waals surface area contributed by atoms with Crippen LogP contribution in [0.5, 0.6) is 5.75 Å². The van der Waals surface area contributed by atoms with E-state index in [9.17, 15) is 20.1 Å². The first-order valence-electron chi connectivity index (χ1n) is 8.79. The zero-order chi connectivity index (χ0) is 18.0. The van der Waals surface area contributed by atoms with Crippen molar-refractivity contribution >= 4 is 5.97 Å². The number of phenols is 1. The number of carbonyl (C=O) groups is 1. The van der Waals surface area contributed by atoms with Crippen LogP contribution in [0.25, 0.3) is 11.1 Å². The lowest BCUT2D eigenvalue weighted by Crippen LogP contribution is -2.16. The zero-order valence-corrected chi connectivity index (χ0v) is 14.4. The molecule has 3 rings (SSSR count). The van der Waals surface area contributed by atoms with Gasteiger partial charge in [0.25, 0.3) is 0 Å². The molecule has 25 heavy (non-hydrogen) atoms. The fraction of sp³-hybridized carbons (Fsp3) is 0.381. The Hall–Kier alpha value is -2.33. The summed E-state index contributed by atoms with van der Waals surface area (Å²) in [7, 11) is 0. The highest BCUT2D eigenvalue weighted by Crippen LogP contribution is 2.34. The maximum Gasteiger partial charge on any atom is 0.310 e. The van der Waals surface area contributed by atoms with Gasteiger partial charge in [0.05, 0.1) is 12.0 Å². The van der Waals surface area contributed by atoms with Crippen LogP contribution in [0.3, 0.4) is 0 Å². The van der Waals surface area contributed by atoms with E-state index in [0.717, 1.165) is 47.9 Å². The van der Waals surface area contributed by atoms with Crippen molar-refractivity contribution < 1.29 is 20.1 Å². The van der Waals surface area contributed by atoms with Crippen molar-refractivity contribution in [1.82, 2.24) is 0 Å². The molecule has 4 heteroatoms. The van der Waals surface area contributed by atoms with E-state index in [4.69, 9.17) is 0 Å². The van der Waals surface area contributed by atoms with Crippen LogP contribution in [-0.4, -0.2) is 27.4 Å². The predicted molar refractivity (Wildman–Crippen MR) is 96.6 cm³/mol. The fourth-order valence-electron chi connectivity index (χ4n) is 3.69. The molecule has 0 aromatic heterocycles. The topological polar surface area (TPSA) is 77.8 Å². The third-order valence-corrected chi connectivity index (χ3v) is 5.25. The Bertz CT molecular complexity index is 751. The molecule has 1 aliphatic rings. The molecule has 2 aromatic rings. The first-order chi connectivity index (χ1) is 12.0. The smallest absolute Gasteiger partial charge is 0.310 e. The molecule has 0 spiro atoms. The van der Waals surface area contributed by atoms with Crippen molar-refractivity contribution in [3.05, 3.63) is 53.6 Å². The van der Waals surface area contributed by atoms with Gasteiger partial charge in [-0.15, -0.1) is 0 Å². The number of carboxylic acids is 1. The van der Waals surface area contributed by atoms with Gasteiger partial charge in [-0.2, -0.15) is 0 Å². The highest BCUT2D eigenvalue weighted by molar-refractivity contribution is 5.81. The minimum Gasteiger partial charge on any atom is -0.508 e. The van der Waals surface area contributed by atoms with Gasteiger partial charge in [-0.05, 0) is 66.5 Å². The molecule has 0 heterocycles. The molecule has 1 unspecified atom stereocenters. The maximum atomic E-state index is 11.5. The number of aliphatic carboxylic acids is 1. The Kier molecular flexibility index (Phi) is 5.09. The van der Waals surface area contributed by atoms with Crippen molar-refractivity contribution in [2.45, 2.75) is 44.6 Å². The molecule has 0 aliphatic heterocycles. The van der Waals surface area contributed by atoms with Gasteiger partial charge in [-0.25, -0.2) is 0 Å². The van der Waals surface area contributed by atoms with E-state index in [1.54, 1.807) is 31.2 Å². The molecule has 3 N–H and O–H groups in total. The van der Waals surface area contributed by atoms with Crippen LogP contribution in [-0.2, 0) is 11.2 Å². The van der Waals surface area contributed by atoms with Crippen molar-refractivity contribution in [2.24, 2.45) is 5.92 Å². The van der Waals surface area contributed by atoms with Crippen LogP contribution in [0.15, 0.2) is 42.5 Å². The highest BCUT2D eigenvalue weighted by Gasteiger charge is 2.26. The molecule has 4 nitrogen and oxygen atoms in total. The molecule has 1 aliphatic carbocycles. The standard InChI is InChI=1S/C21H24O4/c1-13(21(24)25)18-10-5-14(11-16-3-2-4-20(16)23)12-19(18)15-6-8-17(22)9-7-15/h5-10,12-13,16,20,22-23H,2-4,11H2,1H3,(H,24,25)/t13?,16-,20+/m0/s1. The number of aliphatic hydroxyl groups is 1. The number of aliphatic hydroxyl groups excluding tert-OH is 1. The molecular weight excluding hydrogens is 316 g/mol. The van der Waals surface area contributed by atoms with Crippen molar-refractivity contribution in [2.75, 3.05) is 0 Å². The molecule has 0 bridgehead atoms. The van der Waals surface area contributed by atoms with E-state index in [1.807, 2.05) is 18.2 Å². The SMILES string of the molecule is CC(C(=O)O)c1ccc(C[C@@H]2CCC[C@H]2O)cc1-c1ccc(O)cc1. The van der Waals surface area contributed by atoms with E-state index in [0.29, 0.717) is 0 Å². The van der Waals surface area contributed by atoms with Crippen LogP contribution in [0, 0.1) is 5.92 Å². The Labute approximate surface area is 147 Å². The predicted octanol–water partition coefficient (Wildman–Crippen LogP) is 3.95. The van der Waals surface area contributed by atoms with Crippen LogP contribution in [0.2, 0.25) is 0 Å². The minimum atomic E-state index is -0.862. The summed E-state index contributed by atoms with van der Waals surface area (Å²) in [4.78, 5) is 11.5. The quantitative estimate of drug-likeness (QED) is 0.770. The summed E-state index contributed by atoms with van der Waals surface area (Å²) in [6.07, 6.45) is 3.51. The number of rotatable bonds is 5. The normalized spacial score (nSPS) is 21.2. The van der Waals surface area contributed by atoms with Crippen molar-refractivity contribution in [3.63, 3.8) is 0 Å². The summed E-state index contributed by atoms with van der Waals surface area (Å²) < 4.78 is 0. The molecule has 0 amide bonds. The first kappa shape index (κ1) is 17.5.